The van der Waals surface area contributed by atoms with E-state index < -0.39 is 0 Å². The number of carbonyl (C=O) groups excluding carboxylic acids is 6. The van der Waals surface area contributed by atoms with Gasteiger partial charge in [-0.05, 0) is 84.0 Å². The van der Waals surface area contributed by atoms with Crippen LogP contribution in [0.5, 0.6) is 5.75 Å². The van der Waals surface area contributed by atoms with Crippen LogP contribution in [0, 0.1) is 0 Å². The van der Waals surface area contributed by atoms with Crippen LogP contribution in [0.1, 0.15) is 104 Å². The van der Waals surface area contributed by atoms with Crippen molar-refractivity contribution in [3.63, 3.8) is 0 Å². The highest BCUT2D eigenvalue weighted by Crippen LogP contribution is 2.13. The Bertz CT molecular complexity index is 1220. The topological polar surface area (TPSA) is 112 Å². The van der Waals surface area contributed by atoms with Gasteiger partial charge in [-0.15, -0.1) is 0 Å². The molecule has 0 saturated carbocycles. The largest absolute Gasteiger partial charge is 0.497 e. The van der Waals surface area contributed by atoms with Crippen molar-refractivity contribution in [2.75, 3.05) is 7.11 Å². The van der Waals surface area contributed by atoms with Crippen molar-refractivity contribution in [1.29, 1.82) is 0 Å². The van der Waals surface area contributed by atoms with E-state index >= 15 is 0 Å². The van der Waals surface area contributed by atoms with Gasteiger partial charge in [0, 0.05) is 33.4 Å². The monoisotopic (exact) mass is 516 g/mol. The third-order valence-electron chi connectivity index (χ3n) is 5.35. The van der Waals surface area contributed by atoms with Crippen molar-refractivity contribution >= 4 is 34.7 Å². The Morgan fingerprint density at radius 3 is 0.789 bits per heavy atom. The summed E-state index contributed by atoms with van der Waals surface area (Å²) in [5, 5.41) is 0. The Hall–Kier alpha value is -4.52. The standard InChI is InChI=1S/C12H12O3.C10H10O2.C9H10O2/c1-7(13)10-4-11(8(2)14)6-12(5-10)9(3)15;1-7(11)9-3-5-10(6-4-9)8(2)12;1-7(10)8-3-5-9(11-2)6-4-8/h4-6H,1-3H3;3-6H,1-2H3;3-6H,1-2H3. The first kappa shape index (κ1) is 31.5. The summed E-state index contributed by atoms with van der Waals surface area (Å²) in [5.74, 6) is 0.430. The number of ether oxygens (including phenoxy) is 1. The number of rotatable bonds is 7. The van der Waals surface area contributed by atoms with Crippen LogP contribution < -0.4 is 4.74 Å². The maximum absolute atomic E-state index is 11.2. The zero-order valence-electron chi connectivity index (χ0n) is 22.7. The summed E-state index contributed by atoms with van der Waals surface area (Å²) in [6, 6.07) is 18.2. The highest BCUT2D eigenvalue weighted by molar-refractivity contribution is 6.04. The van der Waals surface area contributed by atoms with E-state index in [1.54, 1.807) is 62.6 Å². The molecule has 0 N–H and O–H groups in total. The molecule has 0 spiro atoms. The molecule has 38 heavy (non-hydrogen) atoms. The minimum atomic E-state index is -0.152. The fourth-order valence-electron chi connectivity index (χ4n) is 3.00. The predicted molar refractivity (Wildman–Crippen MR) is 146 cm³/mol. The summed E-state index contributed by atoms with van der Waals surface area (Å²) in [4.78, 5) is 66.0. The Morgan fingerprint density at radius 1 is 0.395 bits per heavy atom. The van der Waals surface area contributed by atoms with Gasteiger partial charge in [0.1, 0.15) is 5.75 Å². The summed E-state index contributed by atoms with van der Waals surface area (Å²) in [5.41, 5.74) is 3.18. The van der Waals surface area contributed by atoms with Crippen LogP contribution in [0.25, 0.3) is 0 Å². The van der Waals surface area contributed by atoms with Gasteiger partial charge in [-0.1, -0.05) is 24.3 Å². The van der Waals surface area contributed by atoms with E-state index in [4.69, 9.17) is 4.74 Å². The molecule has 3 aromatic carbocycles. The summed E-state index contributed by atoms with van der Waals surface area (Å²) in [6.07, 6.45) is 0. The number of benzene rings is 3. The minimum Gasteiger partial charge on any atom is -0.497 e. The molecule has 0 atom stereocenters. The van der Waals surface area contributed by atoms with Gasteiger partial charge in [-0.25, -0.2) is 0 Å². The lowest BCUT2D eigenvalue weighted by Gasteiger charge is -2.03. The second kappa shape index (κ2) is 14.9. The van der Waals surface area contributed by atoms with E-state index in [2.05, 4.69) is 0 Å². The van der Waals surface area contributed by atoms with Crippen LogP contribution in [0.4, 0.5) is 0 Å². The average Bonchev–Trinajstić information content (AvgIpc) is 2.89. The average molecular weight is 517 g/mol. The van der Waals surface area contributed by atoms with Crippen LogP contribution in [0.2, 0.25) is 0 Å². The second-order valence-electron chi connectivity index (χ2n) is 8.44. The molecule has 0 heterocycles. The Morgan fingerprint density at radius 2 is 0.605 bits per heavy atom. The fraction of sp³-hybridized carbons (Fsp3) is 0.226. The molecule has 7 heteroatoms. The van der Waals surface area contributed by atoms with Crippen molar-refractivity contribution < 1.29 is 33.5 Å². The van der Waals surface area contributed by atoms with E-state index in [0.717, 1.165) is 5.75 Å². The molecular weight excluding hydrogens is 484 g/mol. The second-order valence-corrected chi connectivity index (χ2v) is 8.44. The van der Waals surface area contributed by atoms with E-state index in [1.165, 1.54) is 52.8 Å². The molecule has 0 bridgehead atoms. The van der Waals surface area contributed by atoms with Crippen molar-refractivity contribution in [1.82, 2.24) is 0 Å². The van der Waals surface area contributed by atoms with Gasteiger partial charge in [0.15, 0.2) is 34.7 Å². The SMILES string of the molecule is CC(=O)c1cc(C(C)=O)cc(C(C)=O)c1.CC(=O)c1ccc(C(C)=O)cc1.COc1ccc(C(C)=O)cc1. The van der Waals surface area contributed by atoms with E-state index in [0.29, 0.717) is 33.4 Å². The first-order valence-electron chi connectivity index (χ1n) is 11.7. The summed E-state index contributed by atoms with van der Waals surface area (Å²) in [6.45, 7) is 8.77. The third kappa shape index (κ3) is 10.2. The van der Waals surface area contributed by atoms with Crippen LogP contribution >= 0.6 is 0 Å². The number of hydrogen-bond donors (Lipinski definition) is 0. The molecule has 0 unspecified atom stereocenters. The summed E-state index contributed by atoms with van der Waals surface area (Å²) in [7, 11) is 1.60. The Kier molecular flexibility index (Phi) is 12.4. The molecule has 0 aliphatic heterocycles. The quantitative estimate of drug-likeness (QED) is 0.340. The molecule has 0 amide bonds. The molecule has 3 aromatic rings. The highest BCUT2D eigenvalue weighted by atomic mass is 16.5. The number of methoxy groups -OCH3 is 1. The first-order valence-corrected chi connectivity index (χ1v) is 11.7. The molecule has 3 rings (SSSR count). The first-order chi connectivity index (χ1) is 17.8. The third-order valence-corrected chi connectivity index (χ3v) is 5.35. The van der Waals surface area contributed by atoms with Crippen LogP contribution in [-0.2, 0) is 0 Å². The Balaban J connectivity index is 0.000000289. The smallest absolute Gasteiger partial charge is 0.159 e. The molecule has 0 radical (unpaired) electrons. The van der Waals surface area contributed by atoms with Crippen molar-refractivity contribution in [2.45, 2.75) is 41.5 Å². The molecule has 0 fully saturated rings. The van der Waals surface area contributed by atoms with Gasteiger partial charge in [-0.3, -0.25) is 28.8 Å². The number of ketones is 6. The molecular formula is C31H32O7. The zero-order valence-corrected chi connectivity index (χ0v) is 22.7. The van der Waals surface area contributed by atoms with E-state index in [9.17, 15) is 28.8 Å². The minimum absolute atomic E-state index is 0.0186. The molecule has 0 aliphatic carbocycles. The lowest BCUT2D eigenvalue weighted by Crippen LogP contribution is -2.03. The molecule has 0 aromatic heterocycles. The van der Waals surface area contributed by atoms with Gasteiger partial charge in [-0.2, -0.15) is 0 Å². The maximum Gasteiger partial charge on any atom is 0.159 e. The predicted octanol–water partition coefficient (Wildman–Crippen LogP) is 6.28. The lowest BCUT2D eigenvalue weighted by molar-refractivity contribution is 0.0997. The van der Waals surface area contributed by atoms with E-state index in [-0.39, 0.29) is 34.7 Å². The molecule has 0 saturated heterocycles. The molecule has 7 nitrogen and oxygen atoms in total. The fourth-order valence-corrected chi connectivity index (χ4v) is 3.00. The Labute approximate surface area is 222 Å². The van der Waals surface area contributed by atoms with Gasteiger partial charge in [0.2, 0.25) is 0 Å². The summed E-state index contributed by atoms with van der Waals surface area (Å²) < 4.78 is 4.94. The van der Waals surface area contributed by atoms with Crippen molar-refractivity contribution in [2.24, 2.45) is 0 Å². The number of Topliss-reactive ketones (excluding diaryl/α,β-unsaturated/α-hetero) is 6. The molecule has 198 valence electrons. The normalized spacial score (nSPS) is 9.55. The zero-order chi connectivity index (χ0) is 29.0. The van der Waals surface area contributed by atoms with E-state index in [1.807, 2.05) is 0 Å². The van der Waals surface area contributed by atoms with Crippen LogP contribution in [-0.4, -0.2) is 41.8 Å². The van der Waals surface area contributed by atoms with Crippen LogP contribution in [0.3, 0.4) is 0 Å². The number of carbonyl (C=O) groups is 6. The van der Waals surface area contributed by atoms with Gasteiger partial charge in [0.05, 0.1) is 7.11 Å². The van der Waals surface area contributed by atoms with Crippen molar-refractivity contribution in [3.05, 3.63) is 100 Å². The van der Waals surface area contributed by atoms with Crippen molar-refractivity contribution in [3.8, 4) is 5.75 Å². The lowest BCUT2D eigenvalue weighted by atomic mass is 10.00. The van der Waals surface area contributed by atoms with Gasteiger partial charge in [0.25, 0.3) is 0 Å². The molecule has 0 aliphatic rings. The maximum atomic E-state index is 11.2. The van der Waals surface area contributed by atoms with Gasteiger partial charge < -0.3 is 4.74 Å². The highest BCUT2D eigenvalue weighted by Gasteiger charge is 2.10. The number of hydrogen-bond acceptors (Lipinski definition) is 7. The van der Waals surface area contributed by atoms with Gasteiger partial charge >= 0.3 is 0 Å². The summed E-state index contributed by atoms with van der Waals surface area (Å²) >= 11 is 0. The van der Waals surface area contributed by atoms with Crippen LogP contribution in [0.15, 0.2) is 66.7 Å².